The molecule has 9 heteroatoms. The number of alkyl halides is 2. The first-order valence-electron chi connectivity index (χ1n) is 14.8. The molecule has 0 saturated heterocycles. The van der Waals surface area contributed by atoms with Gasteiger partial charge in [-0.2, -0.15) is 0 Å². The number of pyridine rings is 2. The standard InChI is InChI=1S/C19H18BrNO2.C18H16BrNO3/c1-13(11-20)15-7-9-17(19-16(15)8-10-18(22)21-19)23-12-14-5-3-2-4-6-14;19-10-15(21)13-6-8-16(18-14(13)7-9-17(22)20-18)23-11-12-4-2-1-3-5-12/h2-10,13H,11-12H2,1H3,(H,21,22);1-9,15,21H,10-11H2,(H,20,22)/t13-;15-/m00/s1. The number of halogens is 2. The summed E-state index contributed by atoms with van der Waals surface area (Å²) in [4.78, 5) is 29.1. The van der Waals surface area contributed by atoms with E-state index in [1.165, 1.54) is 11.6 Å². The molecule has 0 unspecified atom stereocenters. The van der Waals surface area contributed by atoms with Gasteiger partial charge in [-0.25, -0.2) is 0 Å². The van der Waals surface area contributed by atoms with Gasteiger partial charge in [-0.15, -0.1) is 0 Å². The van der Waals surface area contributed by atoms with Crippen molar-refractivity contribution in [1.82, 2.24) is 9.97 Å². The number of ether oxygens (including phenoxy) is 2. The van der Waals surface area contributed by atoms with Gasteiger partial charge in [-0.05, 0) is 52.4 Å². The first kappa shape index (κ1) is 33.2. The Hall–Kier alpha value is -4.18. The minimum absolute atomic E-state index is 0.120. The van der Waals surface area contributed by atoms with Crippen LogP contribution in [0.15, 0.2) is 119 Å². The molecule has 0 bridgehead atoms. The molecular weight excluding hydrogens is 712 g/mol. The number of nitrogens with one attached hydrogen (secondary N) is 2. The van der Waals surface area contributed by atoms with Crippen LogP contribution < -0.4 is 20.6 Å². The van der Waals surface area contributed by atoms with Gasteiger partial charge in [0.25, 0.3) is 0 Å². The highest BCUT2D eigenvalue weighted by atomic mass is 79.9. The van der Waals surface area contributed by atoms with Crippen LogP contribution in [0.2, 0.25) is 0 Å². The molecule has 3 N–H and O–H groups in total. The van der Waals surface area contributed by atoms with E-state index >= 15 is 0 Å². The maximum Gasteiger partial charge on any atom is 0.248 e. The van der Waals surface area contributed by atoms with Crippen LogP contribution in [-0.4, -0.2) is 25.7 Å². The minimum atomic E-state index is -0.647. The molecule has 236 valence electrons. The third-order valence-corrected chi connectivity index (χ3v) is 9.11. The molecule has 6 rings (SSSR count). The Morgan fingerprint density at radius 1 is 0.609 bits per heavy atom. The van der Waals surface area contributed by atoms with E-state index < -0.39 is 6.10 Å². The fourth-order valence-corrected chi connectivity index (χ4v) is 5.79. The smallest absolute Gasteiger partial charge is 0.248 e. The lowest BCUT2D eigenvalue weighted by atomic mass is 9.98. The Kier molecular flexibility index (Phi) is 11.5. The molecule has 46 heavy (non-hydrogen) atoms. The van der Waals surface area contributed by atoms with Crippen LogP contribution in [0.4, 0.5) is 0 Å². The second-order valence-electron chi connectivity index (χ2n) is 10.8. The summed E-state index contributed by atoms with van der Waals surface area (Å²) in [7, 11) is 0. The van der Waals surface area contributed by atoms with E-state index in [9.17, 15) is 14.7 Å². The van der Waals surface area contributed by atoms with E-state index in [0.29, 0.717) is 41.5 Å². The van der Waals surface area contributed by atoms with Gasteiger partial charge in [0.2, 0.25) is 11.1 Å². The van der Waals surface area contributed by atoms with E-state index in [1.807, 2.05) is 78.9 Å². The zero-order valence-corrected chi connectivity index (χ0v) is 28.4. The summed E-state index contributed by atoms with van der Waals surface area (Å²) in [5.41, 5.74) is 5.13. The van der Waals surface area contributed by atoms with Gasteiger partial charge in [0.05, 0.1) is 17.1 Å². The number of aromatic amines is 2. The van der Waals surface area contributed by atoms with Crippen LogP contribution in [0.5, 0.6) is 11.5 Å². The van der Waals surface area contributed by atoms with Gasteiger partial charge >= 0.3 is 0 Å². The van der Waals surface area contributed by atoms with E-state index in [0.717, 1.165) is 38.3 Å². The number of hydrogen-bond acceptors (Lipinski definition) is 5. The first-order chi connectivity index (χ1) is 22.4. The Morgan fingerprint density at radius 2 is 1.07 bits per heavy atom. The molecule has 0 amide bonds. The second-order valence-corrected chi connectivity index (χ2v) is 12.1. The van der Waals surface area contributed by atoms with E-state index in [4.69, 9.17) is 9.47 Å². The normalized spacial score (nSPS) is 12.3. The Labute approximate surface area is 283 Å². The molecule has 0 aliphatic rings. The molecule has 2 aromatic heterocycles. The predicted molar refractivity (Wildman–Crippen MR) is 192 cm³/mol. The predicted octanol–water partition coefficient (Wildman–Crippen LogP) is 8.14. The molecule has 6 aromatic rings. The summed E-state index contributed by atoms with van der Waals surface area (Å²) in [5, 5.41) is 13.2. The second kappa shape index (κ2) is 15.9. The lowest BCUT2D eigenvalue weighted by molar-refractivity contribution is 0.207. The van der Waals surface area contributed by atoms with Gasteiger partial charge in [0, 0.05) is 33.6 Å². The highest BCUT2D eigenvalue weighted by molar-refractivity contribution is 9.09. The van der Waals surface area contributed by atoms with Crippen LogP contribution in [0, 0.1) is 0 Å². The molecule has 0 radical (unpaired) electrons. The SMILES string of the molecule is C[C@@H](CBr)c1ccc(OCc2ccccc2)c2[nH]c(=O)ccc12.O=c1ccc2c([C@@H](O)CBr)ccc(OCc3ccccc3)c2[nH]1. The van der Waals surface area contributed by atoms with Gasteiger partial charge in [-0.1, -0.05) is 112 Å². The highest BCUT2D eigenvalue weighted by Gasteiger charge is 2.15. The Balaban J connectivity index is 0.000000181. The summed E-state index contributed by atoms with van der Waals surface area (Å²) in [6.07, 6.45) is -0.647. The lowest BCUT2D eigenvalue weighted by Gasteiger charge is -2.15. The van der Waals surface area contributed by atoms with Crippen molar-refractivity contribution in [2.45, 2.75) is 32.2 Å². The highest BCUT2D eigenvalue weighted by Crippen LogP contribution is 2.32. The minimum Gasteiger partial charge on any atom is -0.487 e. The van der Waals surface area contributed by atoms with E-state index in [2.05, 4.69) is 54.8 Å². The van der Waals surface area contributed by atoms with Crippen LogP contribution in [0.3, 0.4) is 0 Å². The number of fused-ring (bicyclic) bond motifs is 2. The van der Waals surface area contributed by atoms with Crippen LogP contribution in [0.1, 0.15) is 41.2 Å². The summed E-state index contributed by atoms with van der Waals surface area (Å²) in [6, 6.07) is 34.0. The lowest BCUT2D eigenvalue weighted by Crippen LogP contribution is -2.07. The van der Waals surface area contributed by atoms with Crippen LogP contribution >= 0.6 is 31.9 Å². The summed E-state index contributed by atoms with van der Waals surface area (Å²) >= 11 is 6.81. The van der Waals surface area contributed by atoms with E-state index in [1.54, 1.807) is 18.2 Å². The molecule has 7 nitrogen and oxygen atoms in total. The maximum atomic E-state index is 11.7. The third-order valence-electron chi connectivity index (χ3n) is 7.52. The molecule has 0 aliphatic heterocycles. The monoisotopic (exact) mass is 744 g/mol. The van der Waals surface area contributed by atoms with Crippen molar-refractivity contribution >= 4 is 53.7 Å². The Morgan fingerprint density at radius 3 is 1.52 bits per heavy atom. The van der Waals surface area contributed by atoms with E-state index in [-0.39, 0.29) is 11.1 Å². The van der Waals surface area contributed by atoms with Crippen LogP contribution in [0.25, 0.3) is 21.8 Å². The number of aliphatic hydroxyl groups excluding tert-OH is 1. The molecular formula is C37H34Br2N2O5. The topological polar surface area (TPSA) is 104 Å². The number of H-pyrrole nitrogens is 2. The number of aromatic nitrogens is 2. The van der Waals surface area contributed by atoms with Crippen molar-refractivity contribution in [3.63, 3.8) is 0 Å². The molecule has 2 atom stereocenters. The Bertz CT molecular complexity index is 1870. The largest absolute Gasteiger partial charge is 0.487 e. The third kappa shape index (κ3) is 8.15. The molecule has 0 saturated carbocycles. The van der Waals surface area contributed by atoms with Crippen LogP contribution in [-0.2, 0) is 13.2 Å². The fraction of sp³-hybridized carbons (Fsp3) is 0.189. The number of rotatable bonds is 10. The quantitative estimate of drug-likeness (QED) is 0.123. The van der Waals surface area contributed by atoms with Crippen molar-refractivity contribution in [1.29, 1.82) is 0 Å². The zero-order valence-electron chi connectivity index (χ0n) is 25.2. The van der Waals surface area contributed by atoms with Crippen molar-refractivity contribution in [2.24, 2.45) is 0 Å². The molecule has 2 heterocycles. The average molecular weight is 746 g/mol. The van der Waals surface area contributed by atoms with Gasteiger partial charge in [-0.3, -0.25) is 9.59 Å². The van der Waals surface area contributed by atoms with Crippen molar-refractivity contribution < 1.29 is 14.6 Å². The van der Waals surface area contributed by atoms with Gasteiger partial charge in [0.1, 0.15) is 24.7 Å². The molecule has 0 aliphatic carbocycles. The molecule has 0 spiro atoms. The first-order valence-corrected chi connectivity index (χ1v) is 17.1. The van der Waals surface area contributed by atoms with Gasteiger partial charge in [0.15, 0.2) is 0 Å². The number of benzene rings is 4. The van der Waals surface area contributed by atoms with Crippen molar-refractivity contribution in [3.8, 4) is 11.5 Å². The number of hydrogen-bond donors (Lipinski definition) is 3. The fourth-order valence-electron chi connectivity index (χ4n) is 5.09. The van der Waals surface area contributed by atoms with Crippen molar-refractivity contribution in [3.05, 3.63) is 152 Å². The van der Waals surface area contributed by atoms with Crippen molar-refractivity contribution in [2.75, 3.05) is 10.7 Å². The zero-order chi connectivity index (χ0) is 32.5. The summed E-state index contributed by atoms with van der Waals surface area (Å²) < 4.78 is 11.8. The maximum absolute atomic E-state index is 11.7. The molecule has 0 fully saturated rings. The van der Waals surface area contributed by atoms with Gasteiger partial charge < -0.3 is 24.5 Å². The summed E-state index contributed by atoms with van der Waals surface area (Å²) in [5.74, 6) is 1.64. The summed E-state index contributed by atoms with van der Waals surface area (Å²) in [6.45, 7) is 3.03. The average Bonchev–Trinajstić information content (AvgIpc) is 3.10. The number of aliphatic hydroxyl groups is 1. The molecule has 4 aromatic carbocycles.